The highest BCUT2D eigenvalue weighted by Gasteiger charge is 2.00. The van der Waals surface area contributed by atoms with Gasteiger partial charge in [-0.2, -0.15) is 5.10 Å². The van der Waals surface area contributed by atoms with E-state index in [2.05, 4.69) is 22.8 Å². The fourth-order valence-corrected chi connectivity index (χ4v) is 1.94. The molecule has 2 rings (SSSR count). The summed E-state index contributed by atoms with van der Waals surface area (Å²) >= 11 is 5.19. The van der Waals surface area contributed by atoms with Gasteiger partial charge in [-0.25, -0.2) is 0 Å². The zero-order valence-corrected chi connectivity index (χ0v) is 13.3. The molecular weight excluding hydrogens is 294 g/mol. The van der Waals surface area contributed by atoms with Crippen LogP contribution in [0.2, 0.25) is 0 Å². The van der Waals surface area contributed by atoms with Gasteiger partial charge >= 0.3 is 0 Å². The van der Waals surface area contributed by atoms with E-state index in [1.54, 1.807) is 6.21 Å². The third kappa shape index (κ3) is 5.18. The molecule has 0 aliphatic rings. The lowest BCUT2D eigenvalue weighted by molar-refractivity contribution is 0.317. The molecule has 2 N–H and O–H groups in total. The molecule has 0 heterocycles. The second-order valence-corrected chi connectivity index (χ2v) is 4.98. The number of anilines is 1. The second-order valence-electron chi connectivity index (χ2n) is 4.58. The summed E-state index contributed by atoms with van der Waals surface area (Å²) in [5.74, 6) is 0.817. The van der Waals surface area contributed by atoms with Gasteiger partial charge in [0.15, 0.2) is 5.11 Å². The van der Waals surface area contributed by atoms with Crippen molar-refractivity contribution in [1.29, 1.82) is 0 Å². The van der Waals surface area contributed by atoms with E-state index < -0.39 is 0 Å². The maximum absolute atomic E-state index is 5.67. The lowest BCUT2D eigenvalue weighted by Crippen LogP contribution is -2.23. The van der Waals surface area contributed by atoms with Crippen LogP contribution >= 0.6 is 12.2 Å². The first kappa shape index (κ1) is 16.0. The fourth-order valence-electron chi connectivity index (χ4n) is 1.77. The number of hydrogen-bond donors (Lipinski definition) is 2. The Bertz CT molecular complexity index is 629. The first-order valence-electron chi connectivity index (χ1n) is 7.16. The third-order valence-electron chi connectivity index (χ3n) is 2.78. The molecule has 22 heavy (non-hydrogen) atoms. The van der Waals surface area contributed by atoms with Crippen LogP contribution in [0.15, 0.2) is 59.7 Å². The molecule has 0 spiro atoms. The summed E-state index contributed by atoms with van der Waals surface area (Å²) < 4.78 is 5.67. The zero-order chi connectivity index (χ0) is 15.6. The molecule has 2 aromatic carbocycles. The number of benzene rings is 2. The molecule has 0 unspecified atom stereocenters. The smallest absolute Gasteiger partial charge is 0.191 e. The van der Waals surface area contributed by atoms with Gasteiger partial charge in [-0.05, 0) is 42.9 Å². The highest BCUT2D eigenvalue weighted by molar-refractivity contribution is 7.80. The Morgan fingerprint density at radius 1 is 1.14 bits per heavy atom. The quantitative estimate of drug-likeness (QED) is 0.484. The molecule has 4 nitrogen and oxygen atoms in total. The van der Waals surface area contributed by atoms with Crippen LogP contribution in [0.1, 0.15) is 18.9 Å². The van der Waals surface area contributed by atoms with E-state index in [4.69, 9.17) is 17.0 Å². The average molecular weight is 313 g/mol. The number of thiocarbonyl (C=S) groups is 1. The number of nitrogens with zero attached hydrogens (tertiary/aromatic N) is 1. The molecule has 5 heteroatoms. The van der Waals surface area contributed by atoms with Crippen molar-refractivity contribution in [3.63, 3.8) is 0 Å². The van der Waals surface area contributed by atoms with E-state index >= 15 is 0 Å². The minimum absolute atomic E-state index is 0.439. The minimum atomic E-state index is 0.439. The minimum Gasteiger partial charge on any atom is -0.493 e. The normalized spacial score (nSPS) is 10.4. The molecule has 0 aliphatic heterocycles. The lowest BCUT2D eigenvalue weighted by atomic mass is 10.2. The molecule has 114 valence electrons. The van der Waals surface area contributed by atoms with Gasteiger partial charge in [-0.15, -0.1) is 0 Å². The first-order valence-corrected chi connectivity index (χ1v) is 7.57. The van der Waals surface area contributed by atoms with Crippen LogP contribution < -0.4 is 15.5 Å². The lowest BCUT2D eigenvalue weighted by Gasteiger charge is -2.08. The number of ether oxygens (including phenoxy) is 1. The van der Waals surface area contributed by atoms with Crippen LogP contribution in [-0.4, -0.2) is 17.9 Å². The van der Waals surface area contributed by atoms with Crippen molar-refractivity contribution in [1.82, 2.24) is 5.43 Å². The van der Waals surface area contributed by atoms with Crippen molar-refractivity contribution in [3.8, 4) is 5.75 Å². The Morgan fingerprint density at radius 3 is 2.64 bits per heavy atom. The topological polar surface area (TPSA) is 45.6 Å². The predicted octanol–water partition coefficient (Wildman–Crippen LogP) is 3.80. The molecule has 0 aromatic heterocycles. The summed E-state index contributed by atoms with van der Waals surface area (Å²) in [6.07, 6.45) is 2.67. The van der Waals surface area contributed by atoms with Crippen LogP contribution in [0, 0.1) is 0 Å². The van der Waals surface area contributed by atoms with Crippen LogP contribution in [0.3, 0.4) is 0 Å². The number of nitrogens with one attached hydrogen (secondary N) is 2. The van der Waals surface area contributed by atoms with Gasteiger partial charge in [0.05, 0.1) is 12.8 Å². The van der Waals surface area contributed by atoms with E-state index in [-0.39, 0.29) is 0 Å². The van der Waals surface area contributed by atoms with Crippen molar-refractivity contribution < 1.29 is 4.74 Å². The maximum atomic E-state index is 5.67. The van der Waals surface area contributed by atoms with Crippen molar-refractivity contribution in [2.75, 3.05) is 11.9 Å². The Morgan fingerprint density at radius 2 is 1.86 bits per heavy atom. The van der Waals surface area contributed by atoms with Gasteiger partial charge in [0.2, 0.25) is 0 Å². The standard InChI is InChI=1S/C17H19N3OS/c1-2-12-21-16-11-7-6-8-14(16)13-18-20-17(22)19-15-9-4-3-5-10-15/h3-11,13H,2,12H2,1H3,(H2,19,20,22)/b18-13+. The van der Waals surface area contributed by atoms with Gasteiger partial charge in [0, 0.05) is 11.3 Å². The summed E-state index contributed by atoms with van der Waals surface area (Å²) in [6, 6.07) is 17.5. The van der Waals surface area contributed by atoms with Crippen LogP contribution in [0.4, 0.5) is 5.69 Å². The molecule has 0 saturated heterocycles. The molecule has 0 amide bonds. The van der Waals surface area contributed by atoms with E-state index in [1.165, 1.54) is 0 Å². The van der Waals surface area contributed by atoms with E-state index in [0.29, 0.717) is 11.7 Å². The van der Waals surface area contributed by atoms with E-state index in [0.717, 1.165) is 23.4 Å². The van der Waals surface area contributed by atoms with Crippen molar-refractivity contribution in [2.24, 2.45) is 5.10 Å². The second kappa shape index (κ2) is 8.79. The predicted molar refractivity (Wildman–Crippen MR) is 95.6 cm³/mol. The highest BCUT2D eigenvalue weighted by Crippen LogP contribution is 2.15. The summed E-state index contributed by atoms with van der Waals surface area (Å²) in [7, 11) is 0. The molecule has 2 aromatic rings. The Kier molecular flexibility index (Phi) is 6.39. The highest BCUT2D eigenvalue weighted by atomic mass is 32.1. The van der Waals surface area contributed by atoms with E-state index in [1.807, 2.05) is 54.6 Å². The largest absolute Gasteiger partial charge is 0.493 e. The van der Waals surface area contributed by atoms with Gasteiger partial charge in [0.25, 0.3) is 0 Å². The average Bonchev–Trinajstić information content (AvgIpc) is 2.55. The van der Waals surface area contributed by atoms with Crippen molar-refractivity contribution >= 4 is 29.2 Å². The number of rotatable bonds is 6. The number of hydrogen-bond acceptors (Lipinski definition) is 3. The molecular formula is C17H19N3OS. The monoisotopic (exact) mass is 313 g/mol. The number of para-hydroxylation sites is 2. The van der Waals surface area contributed by atoms with Gasteiger partial charge in [-0.1, -0.05) is 37.3 Å². The van der Waals surface area contributed by atoms with Gasteiger partial charge in [-0.3, -0.25) is 5.43 Å². The van der Waals surface area contributed by atoms with Crippen LogP contribution in [0.5, 0.6) is 5.75 Å². The maximum Gasteiger partial charge on any atom is 0.191 e. The van der Waals surface area contributed by atoms with Gasteiger partial charge in [0.1, 0.15) is 5.75 Å². The van der Waals surface area contributed by atoms with Gasteiger partial charge < -0.3 is 10.1 Å². The summed E-state index contributed by atoms with van der Waals surface area (Å²) in [5, 5.41) is 7.64. The first-order chi connectivity index (χ1) is 10.8. The van der Waals surface area contributed by atoms with Crippen LogP contribution in [-0.2, 0) is 0 Å². The molecule has 0 aliphatic carbocycles. The summed E-state index contributed by atoms with van der Waals surface area (Å²) in [4.78, 5) is 0. The molecule has 0 bridgehead atoms. The molecule has 0 fully saturated rings. The van der Waals surface area contributed by atoms with Crippen LogP contribution in [0.25, 0.3) is 0 Å². The Hall–Kier alpha value is -2.40. The molecule has 0 atom stereocenters. The summed E-state index contributed by atoms with van der Waals surface area (Å²) in [5.41, 5.74) is 4.62. The van der Waals surface area contributed by atoms with Crippen molar-refractivity contribution in [3.05, 3.63) is 60.2 Å². The van der Waals surface area contributed by atoms with Crippen molar-refractivity contribution in [2.45, 2.75) is 13.3 Å². The Labute approximate surface area is 136 Å². The number of hydrazone groups is 1. The fraction of sp³-hybridized carbons (Fsp3) is 0.176. The zero-order valence-electron chi connectivity index (χ0n) is 12.5. The molecule has 0 saturated carbocycles. The molecule has 0 radical (unpaired) electrons. The third-order valence-corrected chi connectivity index (χ3v) is 2.98. The summed E-state index contributed by atoms with van der Waals surface area (Å²) in [6.45, 7) is 2.76. The van der Waals surface area contributed by atoms with E-state index in [9.17, 15) is 0 Å². The Balaban J connectivity index is 1.91. The SMILES string of the molecule is CCCOc1ccccc1/C=N/NC(=S)Nc1ccccc1.